The second-order valence-corrected chi connectivity index (χ2v) is 9.17. The number of carbonyl (C=O) groups excluding carboxylic acids is 1. The molecule has 0 bridgehead atoms. The summed E-state index contributed by atoms with van der Waals surface area (Å²) in [4.78, 5) is 16.6. The summed E-state index contributed by atoms with van der Waals surface area (Å²) in [7, 11) is -3.46. The molecule has 7 heteroatoms. The second-order valence-electron chi connectivity index (χ2n) is 7.35. The molecule has 1 aromatic rings. The number of hydrogen-bond acceptors (Lipinski definition) is 4. The highest BCUT2D eigenvalue weighted by atomic mass is 32.2. The van der Waals surface area contributed by atoms with Crippen LogP contribution in [-0.4, -0.2) is 73.7 Å². The highest BCUT2D eigenvalue weighted by Crippen LogP contribution is 2.17. The predicted octanol–water partition coefficient (Wildman–Crippen LogP) is 2.01. The summed E-state index contributed by atoms with van der Waals surface area (Å²) in [6.45, 7) is 5.22. The number of amides is 1. The van der Waals surface area contributed by atoms with Crippen molar-refractivity contribution in [1.82, 2.24) is 14.1 Å². The highest BCUT2D eigenvalue weighted by Gasteiger charge is 2.29. The van der Waals surface area contributed by atoms with E-state index in [1.165, 1.54) is 16.1 Å². The van der Waals surface area contributed by atoms with Gasteiger partial charge in [-0.15, -0.1) is 0 Å². The predicted molar refractivity (Wildman–Crippen MR) is 107 cm³/mol. The van der Waals surface area contributed by atoms with Gasteiger partial charge in [0.25, 0.3) is 0 Å². The molecule has 0 unspecified atom stereocenters. The van der Waals surface area contributed by atoms with E-state index < -0.39 is 10.0 Å². The largest absolute Gasteiger partial charge is 0.339 e. The summed E-state index contributed by atoms with van der Waals surface area (Å²) < 4.78 is 26.5. The first-order valence-electron chi connectivity index (χ1n) is 9.71. The second kappa shape index (κ2) is 8.99. The quantitative estimate of drug-likeness (QED) is 0.770. The Hall–Kier alpha value is -1.70. The standard InChI is InChI=1S/C20H29N3O3S/c1-18-7-5-6-11-22(18)17-20(24)21-12-14-23(15-13-21)27(25,26)16-10-19-8-3-2-4-9-19/h2-4,8-10,16,18H,5-7,11-15,17H2,1H3/b16-10+/t18-/m1/s1. The zero-order valence-electron chi connectivity index (χ0n) is 16.0. The fourth-order valence-corrected chi connectivity index (χ4v) is 4.85. The molecule has 148 valence electrons. The maximum absolute atomic E-state index is 12.6. The fourth-order valence-electron chi connectivity index (χ4n) is 3.67. The van der Waals surface area contributed by atoms with Crippen LogP contribution in [0.2, 0.25) is 0 Å². The number of rotatable bonds is 5. The zero-order chi connectivity index (χ0) is 19.3. The van der Waals surface area contributed by atoms with E-state index in [9.17, 15) is 13.2 Å². The van der Waals surface area contributed by atoms with Crippen LogP contribution < -0.4 is 0 Å². The van der Waals surface area contributed by atoms with Crippen molar-refractivity contribution in [3.05, 3.63) is 41.3 Å². The molecule has 2 saturated heterocycles. The van der Waals surface area contributed by atoms with Crippen molar-refractivity contribution >= 4 is 22.0 Å². The fraction of sp³-hybridized carbons (Fsp3) is 0.550. The topological polar surface area (TPSA) is 60.9 Å². The molecule has 1 amide bonds. The number of benzene rings is 1. The van der Waals surface area contributed by atoms with Crippen LogP contribution >= 0.6 is 0 Å². The molecule has 0 N–H and O–H groups in total. The van der Waals surface area contributed by atoms with Crippen LogP contribution in [0.25, 0.3) is 6.08 Å². The van der Waals surface area contributed by atoms with Crippen LogP contribution in [0, 0.1) is 0 Å². The van der Waals surface area contributed by atoms with Crippen LogP contribution in [0.15, 0.2) is 35.7 Å². The lowest BCUT2D eigenvalue weighted by Gasteiger charge is -2.37. The van der Waals surface area contributed by atoms with Gasteiger partial charge in [0.1, 0.15) is 0 Å². The highest BCUT2D eigenvalue weighted by molar-refractivity contribution is 7.92. The smallest absolute Gasteiger partial charge is 0.236 e. The first kappa shape index (κ1) is 20.0. The molecular formula is C20H29N3O3S. The lowest BCUT2D eigenvalue weighted by molar-refractivity contribution is -0.134. The first-order chi connectivity index (χ1) is 13.0. The van der Waals surface area contributed by atoms with Crippen molar-refractivity contribution in [1.29, 1.82) is 0 Å². The molecule has 0 saturated carbocycles. The molecule has 0 spiro atoms. The number of piperazine rings is 1. The third-order valence-corrected chi connectivity index (χ3v) is 7.03. The Kier molecular flexibility index (Phi) is 6.68. The average Bonchev–Trinajstić information content (AvgIpc) is 2.69. The first-order valence-corrected chi connectivity index (χ1v) is 11.2. The average molecular weight is 392 g/mol. The molecule has 6 nitrogen and oxygen atoms in total. The lowest BCUT2D eigenvalue weighted by atomic mass is 10.0. The van der Waals surface area contributed by atoms with Gasteiger partial charge in [-0.2, -0.15) is 4.31 Å². The van der Waals surface area contributed by atoms with E-state index in [0.717, 1.165) is 24.9 Å². The van der Waals surface area contributed by atoms with Crippen LogP contribution in [0.3, 0.4) is 0 Å². The van der Waals surface area contributed by atoms with Crippen LogP contribution in [0.1, 0.15) is 31.7 Å². The molecule has 2 fully saturated rings. The van der Waals surface area contributed by atoms with Gasteiger partial charge < -0.3 is 4.90 Å². The Morgan fingerprint density at radius 2 is 1.78 bits per heavy atom. The van der Waals surface area contributed by atoms with E-state index in [4.69, 9.17) is 0 Å². The van der Waals surface area contributed by atoms with Gasteiger partial charge >= 0.3 is 0 Å². The summed E-state index contributed by atoms with van der Waals surface area (Å²) in [6.07, 6.45) is 5.15. The van der Waals surface area contributed by atoms with Crippen molar-refractivity contribution < 1.29 is 13.2 Å². The van der Waals surface area contributed by atoms with Gasteiger partial charge in [0.2, 0.25) is 15.9 Å². The van der Waals surface area contributed by atoms with Gasteiger partial charge in [-0.05, 0) is 37.9 Å². The van der Waals surface area contributed by atoms with Crippen LogP contribution in [-0.2, 0) is 14.8 Å². The van der Waals surface area contributed by atoms with Gasteiger partial charge in [-0.3, -0.25) is 9.69 Å². The molecule has 27 heavy (non-hydrogen) atoms. The van der Waals surface area contributed by atoms with Crippen molar-refractivity contribution in [2.45, 2.75) is 32.2 Å². The zero-order valence-corrected chi connectivity index (χ0v) is 16.8. The minimum Gasteiger partial charge on any atom is -0.339 e. The van der Waals surface area contributed by atoms with E-state index in [-0.39, 0.29) is 5.91 Å². The van der Waals surface area contributed by atoms with Crippen molar-refractivity contribution in [3.63, 3.8) is 0 Å². The van der Waals surface area contributed by atoms with Crippen LogP contribution in [0.4, 0.5) is 0 Å². The number of carbonyl (C=O) groups is 1. The lowest BCUT2D eigenvalue weighted by Crippen LogP contribution is -2.53. The minimum absolute atomic E-state index is 0.112. The molecule has 0 radical (unpaired) electrons. The molecule has 1 atom stereocenters. The molecule has 2 aliphatic heterocycles. The third kappa shape index (κ3) is 5.40. The number of hydrogen-bond donors (Lipinski definition) is 0. The number of nitrogens with zero attached hydrogens (tertiary/aromatic N) is 3. The normalized spacial score (nSPS) is 23.0. The number of piperidine rings is 1. The molecule has 0 aliphatic carbocycles. The van der Waals surface area contributed by atoms with Crippen molar-refractivity contribution in [3.8, 4) is 0 Å². The molecule has 3 rings (SSSR count). The summed E-state index contributed by atoms with van der Waals surface area (Å²) in [6, 6.07) is 9.83. The molecule has 2 aliphatic rings. The minimum atomic E-state index is -3.46. The maximum atomic E-state index is 12.6. The Morgan fingerprint density at radius 1 is 1.07 bits per heavy atom. The molecule has 1 aromatic carbocycles. The van der Waals surface area contributed by atoms with Crippen molar-refractivity contribution in [2.75, 3.05) is 39.3 Å². The van der Waals surface area contributed by atoms with Crippen LogP contribution in [0.5, 0.6) is 0 Å². The van der Waals surface area contributed by atoms with Gasteiger partial charge in [0.05, 0.1) is 6.54 Å². The summed E-state index contributed by atoms with van der Waals surface area (Å²) in [5.74, 6) is 0.112. The van der Waals surface area contributed by atoms with E-state index in [1.807, 2.05) is 30.3 Å². The van der Waals surface area contributed by atoms with E-state index in [2.05, 4.69) is 11.8 Å². The summed E-state index contributed by atoms with van der Waals surface area (Å²) >= 11 is 0. The van der Waals surface area contributed by atoms with E-state index >= 15 is 0 Å². The third-order valence-electron chi connectivity index (χ3n) is 5.46. The van der Waals surface area contributed by atoms with Gasteiger partial charge in [-0.1, -0.05) is 36.8 Å². The van der Waals surface area contributed by atoms with Gasteiger partial charge in [0.15, 0.2) is 0 Å². The SMILES string of the molecule is C[C@@H]1CCCCN1CC(=O)N1CCN(S(=O)(=O)/C=C/c2ccccc2)CC1. The maximum Gasteiger partial charge on any atom is 0.236 e. The van der Waals surface area contributed by atoms with E-state index in [0.29, 0.717) is 38.8 Å². The number of sulfonamides is 1. The van der Waals surface area contributed by atoms with Crippen molar-refractivity contribution in [2.24, 2.45) is 0 Å². The Morgan fingerprint density at radius 3 is 2.44 bits per heavy atom. The summed E-state index contributed by atoms with van der Waals surface area (Å²) in [5, 5.41) is 1.26. The Balaban J connectivity index is 1.51. The van der Waals surface area contributed by atoms with Gasteiger partial charge in [0, 0.05) is 37.6 Å². The Labute approximate surface area is 162 Å². The molecular weight excluding hydrogens is 362 g/mol. The summed E-state index contributed by atoms with van der Waals surface area (Å²) in [5.41, 5.74) is 0.852. The van der Waals surface area contributed by atoms with E-state index in [1.54, 1.807) is 11.0 Å². The Bertz CT molecular complexity index is 756. The van der Waals surface area contributed by atoms with Gasteiger partial charge in [-0.25, -0.2) is 8.42 Å². The molecule has 0 aromatic heterocycles. The molecule has 2 heterocycles. The number of likely N-dealkylation sites (tertiary alicyclic amines) is 1. The monoisotopic (exact) mass is 391 g/mol.